The maximum atomic E-state index is 13.8. The van der Waals surface area contributed by atoms with Crippen molar-refractivity contribution >= 4 is 56.0 Å². The number of carbonyl (C=O) groups is 2. The van der Waals surface area contributed by atoms with E-state index in [1.165, 1.54) is 30.2 Å². The van der Waals surface area contributed by atoms with E-state index in [1.54, 1.807) is 30.3 Å². The van der Waals surface area contributed by atoms with Gasteiger partial charge in [-0.15, -0.1) is 0 Å². The van der Waals surface area contributed by atoms with E-state index in [1.807, 2.05) is 31.1 Å². The number of hydrogen-bond acceptors (Lipinski definition) is 6. The highest BCUT2D eigenvalue weighted by atomic mass is 79.9. The number of ketones is 1. The zero-order valence-corrected chi connectivity index (χ0v) is 21.7. The van der Waals surface area contributed by atoms with Crippen LogP contribution in [0.5, 0.6) is 5.75 Å². The Labute approximate surface area is 220 Å². The van der Waals surface area contributed by atoms with Crippen molar-refractivity contribution in [2.75, 3.05) is 31.0 Å². The number of ether oxygens (including phenoxy) is 1. The van der Waals surface area contributed by atoms with E-state index in [0.29, 0.717) is 32.4 Å². The topological polar surface area (TPSA) is 98.8 Å². The summed E-state index contributed by atoms with van der Waals surface area (Å²) < 4.78 is 19.6. The van der Waals surface area contributed by atoms with Crippen LogP contribution in [0.15, 0.2) is 70.7 Å². The predicted molar refractivity (Wildman–Crippen MR) is 142 cm³/mol. The molecule has 2 N–H and O–H groups in total. The van der Waals surface area contributed by atoms with Crippen LogP contribution in [0.2, 0.25) is 0 Å². The number of nitrogens with one attached hydrogen (secondary N) is 1. The number of nitrogens with zero attached hydrogens (tertiary/aromatic N) is 3. The normalized spacial score (nSPS) is 17.0. The van der Waals surface area contributed by atoms with Crippen molar-refractivity contribution in [2.45, 2.75) is 6.04 Å². The maximum Gasteiger partial charge on any atom is 0.302 e. The molecule has 1 amide bonds. The molecule has 1 aliphatic rings. The number of imidazole rings is 1. The van der Waals surface area contributed by atoms with E-state index in [2.05, 4.69) is 25.9 Å². The molecule has 1 atom stereocenters. The highest BCUT2D eigenvalue weighted by Crippen LogP contribution is 2.42. The molecule has 0 saturated carbocycles. The lowest BCUT2D eigenvalue weighted by atomic mass is 9.95. The van der Waals surface area contributed by atoms with E-state index < -0.39 is 23.5 Å². The molecule has 0 aliphatic carbocycles. The van der Waals surface area contributed by atoms with Crippen LogP contribution in [0.1, 0.15) is 17.2 Å². The minimum absolute atomic E-state index is 0.0688. The number of hydrogen-bond donors (Lipinski definition) is 2. The molecule has 5 rings (SSSR count). The Bertz CT molecular complexity index is 1580. The summed E-state index contributed by atoms with van der Waals surface area (Å²) >= 11 is 3.40. The first-order valence-corrected chi connectivity index (χ1v) is 12.1. The number of halogens is 2. The average molecular weight is 565 g/mol. The van der Waals surface area contributed by atoms with Gasteiger partial charge in [0.2, 0.25) is 5.95 Å². The highest BCUT2D eigenvalue weighted by molar-refractivity contribution is 9.10. The Balaban J connectivity index is 1.71. The molecule has 4 aromatic rings. The first-order chi connectivity index (χ1) is 17.7. The Hall–Kier alpha value is -4.18. The van der Waals surface area contributed by atoms with Crippen LogP contribution in [-0.4, -0.2) is 48.0 Å². The van der Waals surface area contributed by atoms with E-state index in [0.717, 1.165) is 5.69 Å². The Morgan fingerprint density at radius 2 is 1.84 bits per heavy atom. The number of Topliss-reactive ketones (excluding diaryl/α,β-unsaturated/α-hetero) is 1. The number of rotatable bonds is 5. The standard InChI is InChI=1S/C27H22BrFN4O4/c1-32(2)17-8-4-14(5-9-17)23-22(24(34)15-6-11-21(37-3)18(28)12-15)25(35)26(36)33(23)27-30-19-10-7-16(29)13-20(19)31-27/h4-13,23,34H,1-3H3,(H,30,31)/b24-22+. The van der Waals surface area contributed by atoms with Crippen LogP contribution in [0.4, 0.5) is 16.0 Å². The van der Waals surface area contributed by atoms with Crippen LogP contribution in [0.25, 0.3) is 16.8 Å². The molecule has 188 valence electrons. The largest absolute Gasteiger partial charge is 0.507 e. The number of fused-ring (bicyclic) bond motifs is 1. The van der Waals surface area contributed by atoms with Gasteiger partial charge in [-0.1, -0.05) is 12.1 Å². The van der Waals surface area contributed by atoms with E-state index in [-0.39, 0.29) is 17.3 Å². The maximum absolute atomic E-state index is 13.8. The Kier molecular flexibility index (Phi) is 6.20. The van der Waals surface area contributed by atoms with Gasteiger partial charge in [0.25, 0.3) is 5.78 Å². The number of methoxy groups -OCH3 is 1. The van der Waals surface area contributed by atoms with E-state index >= 15 is 0 Å². The number of aliphatic hydroxyl groups excluding tert-OH is 1. The number of aromatic amines is 1. The van der Waals surface area contributed by atoms with Gasteiger partial charge in [-0.25, -0.2) is 9.37 Å². The summed E-state index contributed by atoms with van der Waals surface area (Å²) in [6, 6.07) is 15.2. The second kappa shape index (κ2) is 9.36. The quantitative estimate of drug-likeness (QED) is 0.197. The van der Waals surface area contributed by atoms with Gasteiger partial charge in [0, 0.05) is 25.3 Å². The SMILES string of the molecule is COc1ccc(/C(O)=C2\C(=O)C(=O)N(c3nc4ccc(F)cc4[nH]3)C2c2ccc(N(C)C)cc2)cc1Br. The third-order valence-electron chi connectivity index (χ3n) is 6.25. The molecule has 1 aliphatic heterocycles. The van der Waals surface area contributed by atoms with Gasteiger partial charge >= 0.3 is 5.91 Å². The third kappa shape index (κ3) is 4.23. The van der Waals surface area contributed by atoms with Gasteiger partial charge in [0.15, 0.2) is 0 Å². The van der Waals surface area contributed by atoms with E-state index in [4.69, 9.17) is 4.74 Å². The summed E-state index contributed by atoms with van der Waals surface area (Å²) in [6.45, 7) is 0. The average Bonchev–Trinajstić information content (AvgIpc) is 3.41. The summed E-state index contributed by atoms with van der Waals surface area (Å²) in [6.07, 6.45) is 0. The van der Waals surface area contributed by atoms with Crippen molar-refractivity contribution in [1.82, 2.24) is 9.97 Å². The van der Waals surface area contributed by atoms with E-state index in [9.17, 15) is 19.1 Å². The van der Waals surface area contributed by atoms with Gasteiger partial charge in [0.1, 0.15) is 17.3 Å². The fourth-order valence-electron chi connectivity index (χ4n) is 4.37. The molecule has 3 aromatic carbocycles. The van der Waals surface area contributed by atoms with Crippen molar-refractivity contribution in [2.24, 2.45) is 0 Å². The van der Waals surface area contributed by atoms with Gasteiger partial charge in [-0.2, -0.15) is 0 Å². The molecule has 0 spiro atoms. The third-order valence-corrected chi connectivity index (χ3v) is 6.87. The fraction of sp³-hybridized carbons (Fsp3) is 0.148. The zero-order valence-electron chi connectivity index (χ0n) is 20.1. The minimum atomic E-state index is -0.984. The summed E-state index contributed by atoms with van der Waals surface area (Å²) in [5.74, 6) is -1.92. The summed E-state index contributed by atoms with van der Waals surface area (Å²) in [7, 11) is 5.31. The molecule has 1 aromatic heterocycles. The minimum Gasteiger partial charge on any atom is -0.507 e. The lowest BCUT2D eigenvalue weighted by molar-refractivity contribution is -0.132. The molecule has 1 saturated heterocycles. The van der Waals surface area contributed by atoms with Crippen molar-refractivity contribution in [3.63, 3.8) is 0 Å². The molecule has 2 heterocycles. The number of carbonyl (C=O) groups excluding carboxylic acids is 2. The second-order valence-corrected chi connectivity index (χ2v) is 9.58. The summed E-state index contributed by atoms with van der Waals surface area (Å²) in [5, 5.41) is 11.3. The van der Waals surface area contributed by atoms with Crippen molar-refractivity contribution < 1.29 is 23.8 Å². The van der Waals surface area contributed by atoms with Crippen LogP contribution in [0.3, 0.4) is 0 Å². The summed E-state index contributed by atoms with van der Waals surface area (Å²) in [5.41, 5.74) is 2.54. The van der Waals surface area contributed by atoms with Gasteiger partial charge < -0.3 is 19.7 Å². The van der Waals surface area contributed by atoms with Crippen LogP contribution >= 0.6 is 15.9 Å². The number of amides is 1. The predicted octanol–water partition coefficient (Wildman–Crippen LogP) is 5.17. The molecule has 0 radical (unpaired) electrons. The number of H-pyrrole nitrogens is 1. The molecule has 37 heavy (non-hydrogen) atoms. The zero-order chi connectivity index (χ0) is 26.4. The first-order valence-electron chi connectivity index (χ1n) is 11.3. The van der Waals surface area contributed by atoms with Gasteiger partial charge in [-0.3, -0.25) is 14.5 Å². The number of aliphatic hydroxyl groups is 1. The highest BCUT2D eigenvalue weighted by Gasteiger charge is 2.48. The lowest BCUT2D eigenvalue weighted by Crippen LogP contribution is -2.30. The molecule has 8 nitrogen and oxygen atoms in total. The molecule has 0 bridgehead atoms. The molecule has 10 heteroatoms. The fourth-order valence-corrected chi connectivity index (χ4v) is 4.91. The van der Waals surface area contributed by atoms with Gasteiger partial charge in [0.05, 0.1) is 34.2 Å². The first kappa shape index (κ1) is 24.5. The molecule has 1 unspecified atom stereocenters. The summed E-state index contributed by atoms with van der Waals surface area (Å²) in [4.78, 5) is 37.3. The van der Waals surface area contributed by atoms with Gasteiger partial charge in [-0.05, 0) is 70.0 Å². The number of aromatic nitrogens is 2. The Morgan fingerprint density at radius 3 is 2.49 bits per heavy atom. The Morgan fingerprint density at radius 1 is 1.11 bits per heavy atom. The monoisotopic (exact) mass is 564 g/mol. The van der Waals surface area contributed by atoms with Crippen molar-refractivity contribution in [3.05, 3.63) is 87.7 Å². The van der Waals surface area contributed by atoms with Crippen LogP contribution in [0, 0.1) is 5.82 Å². The number of anilines is 2. The smallest absolute Gasteiger partial charge is 0.302 e. The van der Waals surface area contributed by atoms with Crippen molar-refractivity contribution in [1.29, 1.82) is 0 Å². The lowest BCUT2D eigenvalue weighted by Gasteiger charge is -2.24. The van der Waals surface area contributed by atoms with Crippen LogP contribution < -0.4 is 14.5 Å². The molecule has 1 fully saturated rings. The molecular formula is C27H22BrFN4O4. The molecular weight excluding hydrogens is 543 g/mol. The second-order valence-electron chi connectivity index (χ2n) is 8.73. The van der Waals surface area contributed by atoms with Crippen LogP contribution in [-0.2, 0) is 9.59 Å². The number of benzene rings is 3. The van der Waals surface area contributed by atoms with Crippen molar-refractivity contribution in [3.8, 4) is 5.75 Å².